The molecule has 0 aliphatic heterocycles. The highest BCUT2D eigenvalue weighted by molar-refractivity contribution is 7.99. The van der Waals surface area contributed by atoms with Crippen LogP contribution < -0.4 is 5.32 Å². The van der Waals surface area contributed by atoms with Gasteiger partial charge in [-0.05, 0) is 24.1 Å². The fourth-order valence-corrected chi connectivity index (χ4v) is 2.71. The highest BCUT2D eigenvalue weighted by atomic mass is 32.2. The molecule has 0 aliphatic carbocycles. The molecule has 0 radical (unpaired) electrons. The Labute approximate surface area is 134 Å². The molecular weight excluding hydrogens is 296 g/mol. The quantitative estimate of drug-likeness (QED) is 0.758. The number of amides is 1. The average Bonchev–Trinajstić information content (AvgIpc) is 3.06. The van der Waals surface area contributed by atoms with Crippen molar-refractivity contribution in [3.63, 3.8) is 0 Å². The molecule has 0 atom stereocenters. The summed E-state index contributed by atoms with van der Waals surface area (Å²) in [5.41, 5.74) is 1.78. The van der Waals surface area contributed by atoms with E-state index in [0.29, 0.717) is 17.9 Å². The van der Waals surface area contributed by atoms with Gasteiger partial charge in [-0.1, -0.05) is 12.1 Å². The SMILES string of the molecule is N#Cc1ccc(CSCC(=O)NCCCn2ccnc2)cc1. The number of carbonyl (C=O) groups excluding carboxylic acids is 1. The van der Waals surface area contributed by atoms with E-state index in [9.17, 15) is 4.79 Å². The van der Waals surface area contributed by atoms with Crippen LogP contribution in [-0.2, 0) is 17.1 Å². The van der Waals surface area contributed by atoms with Crippen LogP contribution in [0.15, 0.2) is 43.0 Å². The van der Waals surface area contributed by atoms with E-state index in [1.807, 2.05) is 22.9 Å². The van der Waals surface area contributed by atoms with Crippen molar-refractivity contribution in [3.8, 4) is 6.07 Å². The normalized spacial score (nSPS) is 10.1. The van der Waals surface area contributed by atoms with Crippen LogP contribution in [0.3, 0.4) is 0 Å². The number of aryl methyl sites for hydroxylation is 1. The predicted molar refractivity (Wildman–Crippen MR) is 87.2 cm³/mol. The summed E-state index contributed by atoms with van der Waals surface area (Å²) in [5, 5.41) is 11.6. The van der Waals surface area contributed by atoms with Crippen molar-refractivity contribution < 1.29 is 4.79 Å². The molecule has 0 saturated carbocycles. The minimum Gasteiger partial charge on any atom is -0.355 e. The van der Waals surface area contributed by atoms with E-state index in [1.165, 1.54) is 0 Å². The lowest BCUT2D eigenvalue weighted by molar-refractivity contribution is -0.118. The van der Waals surface area contributed by atoms with Crippen LogP contribution in [0.2, 0.25) is 0 Å². The minimum atomic E-state index is 0.0595. The Morgan fingerprint density at radius 2 is 2.18 bits per heavy atom. The molecule has 22 heavy (non-hydrogen) atoms. The van der Waals surface area contributed by atoms with Crippen molar-refractivity contribution in [1.82, 2.24) is 14.9 Å². The third-order valence-corrected chi connectivity index (χ3v) is 4.06. The first kappa shape index (κ1) is 16.1. The predicted octanol–water partition coefficient (Wildman–Crippen LogP) is 2.19. The van der Waals surface area contributed by atoms with Gasteiger partial charge < -0.3 is 9.88 Å². The van der Waals surface area contributed by atoms with Crippen molar-refractivity contribution in [2.24, 2.45) is 0 Å². The smallest absolute Gasteiger partial charge is 0.230 e. The van der Waals surface area contributed by atoms with Crippen LogP contribution in [0.5, 0.6) is 0 Å². The van der Waals surface area contributed by atoms with E-state index >= 15 is 0 Å². The van der Waals surface area contributed by atoms with E-state index in [1.54, 1.807) is 36.4 Å². The lowest BCUT2D eigenvalue weighted by Gasteiger charge is -2.06. The Morgan fingerprint density at radius 3 is 2.86 bits per heavy atom. The van der Waals surface area contributed by atoms with Gasteiger partial charge in [-0.15, -0.1) is 11.8 Å². The Balaban J connectivity index is 1.56. The lowest BCUT2D eigenvalue weighted by atomic mass is 10.2. The molecule has 1 amide bonds. The van der Waals surface area contributed by atoms with Gasteiger partial charge in [0.15, 0.2) is 0 Å². The number of carbonyl (C=O) groups is 1. The zero-order valence-corrected chi connectivity index (χ0v) is 13.1. The topological polar surface area (TPSA) is 70.7 Å². The standard InChI is InChI=1S/C16H18N4OS/c17-10-14-2-4-15(5-3-14)11-22-12-16(21)19-6-1-8-20-9-7-18-13-20/h2-5,7,9,13H,1,6,8,11-12H2,(H,19,21). The zero-order valence-electron chi connectivity index (χ0n) is 12.2. The second-order valence-electron chi connectivity index (χ2n) is 4.81. The lowest BCUT2D eigenvalue weighted by Crippen LogP contribution is -2.26. The van der Waals surface area contributed by atoms with Crippen LogP contribution in [0.4, 0.5) is 0 Å². The molecule has 0 saturated heterocycles. The molecule has 1 aromatic heterocycles. The number of nitrogens with zero attached hydrogens (tertiary/aromatic N) is 3. The highest BCUT2D eigenvalue weighted by Crippen LogP contribution is 2.12. The summed E-state index contributed by atoms with van der Waals surface area (Å²) in [5.74, 6) is 1.28. The maximum atomic E-state index is 11.7. The molecule has 0 unspecified atom stereocenters. The molecular formula is C16H18N4OS. The van der Waals surface area contributed by atoms with E-state index in [-0.39, 0.29) is 5.91 Å². The van der Waals surface area contributed by atoms with E-state index in [4.69, 9.17) is 5.26 Å². The number of hydrogen-bond donors (Lipinski definition) is 1. The van der Waals surface area contributed by atoms with Gasteiger partial charge in [-0.25, -0.2) is 4.98 Å². The largest absolute Gasteiger partial charge is 0.355 e. The first-order valence-corrected chi connectivity index (χ1v) is 8.22. The van der Waals surface area contributed by atoms with E-state index in [0.717, 1.165) is 24.3 Å². The number of nitriles is 1. The summed E-state index contributed by atoms with van der Waals surface area (Å²) in [6, 6.07) is 9.54. The molecule has 2 aromatic rings. The molecule has 114 valence electrons. The van der Waals surface area contributed by atoms with Crippen molar-refractivity contribution in [3.05, 3.63) is 54.1 Å². The number of benzene rings is 1. The van der Waals surface area contributed by atoms with Crippen molar-refractivity contribution in [1.29, 1.82) is 5.26 Å². The van der Waals surface area contributed by atoms with Gasteiger partial charge in [0.25, 0.3) is 0 Å². The third kappa shape index (κ3) is 5.62. The first-order chi connectivity index (χ1) is 10.8. The van der Waals surface area contributed by atoms with E-state index < -0.39 is 0 Å². The van der Waals surface area contributed by atoms with Crippen LogP contribution >= 0.6 is 11.8 Å². The molecule has 0 fully saturated rings. The molecule has 5 nitrogen and oxygen atoms in total. The van der Waals surface area contributed by atoms with Crippen molar-refractivity contribution >= 4 is 17.7 Å². The van der Waals surface area contributed by atoms with Crippen LogP contribution in [0, 0.1) is 11.3 Å². The molecule has 1 aromatic carbocycles. The van der Waals surface area contributed by atoms with Gasteiger partial charge >= 0.3 is 0 Å². The van der Waals surface area contributed by atoms with Gasteiger partial charge in [0.1, 0.15) is 0 Å². The second-order valence-corrected chi connectivity index (χ2v) is 5.79. The molecule has 6 heteroatoms. The summed E-state index contributed by atoms with van der Waals surface area (Å²) in [6.45, 7) is 1.53. The molecule has 0 spiro atoms. The van der Waals surface area contributed by atoms with E-state index in [2.05, 4.69) is 16.4 Å². The van der Waals surface area contributed by atoms with Crippen molar-refractivity contribution in [2.45, 2.75) is 18.7 Å². The summed E-state index contributed by atoms with van der Waals surface area (Å²) >= 11 is 1.57. The Morgan fingerprint density at radius 1 is 1.36 bits per heavy atom. The monoisotopic (exact) mass is 314 g/mol. The average molecular weight is 314 g/mol. The van der Waals surface area contributed by atoms with Crippen molar-refractivity contribution in [2.75, 3.05) is 12.3 Å². The minimum absolute atomic E-state index is 0.0595. The highest BCUT2D eigenvalue weighted by Gasteiger charge is 2.02. The summed E-state index contributed by atoms with van der Waals surface area (Å²) < 4.78 is 1.99. The summed E-state index contributed by atoms with van der Waals surface area (Å²) in [4.78, 5) is 15.7. The number of thioether (sulfide) groups is 1. The van der Waals surface area contributed by atoms with Crippen LogP contribution in [0.25, 0.3) is 0 Å². The maximum absolute atomic E-state index is 11.7. The van der Waals surface area contributed by atoms with Gasteiger partial charge in [-0.2, -0.15) is 5.26 Å². The van der Waals surface area contributed by atoms with Gasteiger partial charge in [0.2, 0.25) is 5.91 Å². The second kappa shape index (κ2) is 8.90. The van der Waals surface area contributed by atoms with Gasteiger partial charge in [0.05, 0.1) is 23.7 Å². The Bertz CT molecular complexity index is 617. The Kier molecular flexibility index (Phi) is 6.52. The van der Waals surface area contributed by atoms with Crippen LogP contribution in [0.1, 0.15) is 17.5 Å². The first-order valence-electron chi connectivity index (χ1n) is 7.07. The zero-order chi connectivity index (χ0) is 15.6. The number of aromatic nitrogens is 2. The van der Waals surface area contributed by atoms with Crippen LogP contribution in [-0.4, -0.2) is 27.8 Å². The molecule has 1 heterocycles. The fourth-order valence-electron chi connectivity index (χ4n) is 1.90. The Hall–Kier alpha value is -2.26. The number of nitrogens with one attached hydrogen (secondary N) is 1. The van der Waals surface area contributed by atoms with Gasteiger partial charge in [0, 0.05) is 31.2 Å². The molecule has 0 aliphatic rings. The fraction of sp³-hybridized carbons (Fsp3) is 0.312. The molecule has 2 rings (SSSR count). The number of hydrogen-bond acceptors (Lipinski definition) is 4. The maximum Gasteiger partial charge on any atom is 0.230 e. The molecule has 0 bridgehead atoms. The summed E-state index contributed by atoms with van der Waals surface area (Å²) in [7, 11) is 0. The number of rotatable bonds is 8. The number of imidazole rings is 1. The van der Waals surface area contributed by atoms with Gasteiger partial charge in [-0.3, -0.25) is 4.79 Å². The third-order valence-electron chi connectivity index (χ3n) is 3.06. The molecule has 1 N–H and O–H groups in total. The summed E-state index contributed by atoms with van der Waals surface area (Å²) in [6.07, 6.45) is 6.32.